The van der Waals surface area contributed by atoms with Crippen LogP contribution in [0.25, 0.3) is 0 Å². The Morgan fingerprint density at radius 3 is 2.36 bits per heavy atom. The molecule has 2 N–H and O–H groups in total. The lowest BCUT2D eigenvalue weighted by atomic mass is 10.1. The first-order valence-electron chi connectivity index (χ1n) is 2.82. The van der Waals surface area contributed by atoms with Crippen molar-refractivity contribution in [3.05, 3.63) is 0 Å². The van der Waals surface area contributed by atoms with Crippen LogP contribution < -0.4 is 5.73 Å². The molecule has 0 aliphatic carbocycles. The molecule has 0 bridgehead atoms. The number of nitrogens with zero attached hydrogens (tertiary/aromatic N) is 2. The molecule has 0 saturated carbocycles. The lowest BCUT2D eigenvalue weighted by Crippen LogP contribution is -2.31. The van der Waals surface area contributed by atoms with E-state index in [4.69, 9.17) is 16.3 Å². The van der Waals surface area contributed by atoms with Gasteiger partial charge in [-0.1, -0.05) is 0 Å². The van der Waals surface area contributed by atoms with Crippen LogP contribution in [0.3, 0.4) is 0 Å². The van der Waals surface area contributed by atoms with Crippen LogP contribution in [0.4, 0.5) is 0 Å². The van der Waals surface area contributed by atoms with Crippen molar-refractivity contribution in [3.63, 3.8) is 0 Å². The van der Waals surface area contributed by atoms with E-state index in [9.17, 15) is 4.79 Å². The Bertz CT molecular complexity index is 221. The molecule has 0 aliphatic heterocycles. The lowest BCUT2D eigenvalue weighted by molar-refractivity contribution is -0.147. The maximum absolute atomic E-state index is 10.5. The Labute approximate surface area is 64.0 Å². The maximum Gasteiger partial charge on any atom is 0.322 e. The van der Waals surface area contributed by atoms with Gasteiger partial charge in [-0.15, -0.1) is 0 Å². The van der Waals surface area contributed by atoms with Crippen molar-refractivity contribution in [2.45, 2.75) is 12.5 Å². The fourth-order valence-electron chi connectivity index (χ4n) is 0.340. The van der Waals surface area contributed by atoms with Crippen LogP contribution in [0.15, 0.2) is 0 Å². The number of hydrogen-bond donors (Lipinski definition) is 1. The van der Waals surface area contributed by atoms with Gasteiger partial charge in [0.25, 0.3) is 5.60 Å². The highest BCUT2D eigenvalue weighted by Gasteiger charge is 2.27. The number of ether oxygens (including phenoxy) is 1. The van der Waals surface area contributed by atoms with Crippen molar-refractivity contribution in [2.24, 2.45) is 5.73 Å². The molecule has 0 unspecified atom stereocenters. The molecule has 0 atom stereocenters. The van der Waals surface area contributed by atoms with Crippen LogP contribution in [0.5, 0.6) is 0 Å². The summed E-state index contributed by atoms with van der Waals surface area (Å²) in [5.41, 5.74) is 3.18. The van der Waals surface area contributed by atoms with Crippen molar-refractivity contribution >= 4 is 5.97 Å². The first-order chi connectivity index (χ1) is 5.08. The number of esters is 1. The van der Waals surface area contributed by atoms with Gasteiger partial charge in [-0.2, -0.15) is 10.5 Å². The number of rotatable bonds is 2. The van der Waals surface area contributed by atoms with Gasteiger partial charge < -0.3 is 10.5 Å². The van der Waals surface area contributed by atoms with E-state index in [0.717, 1.165) is 0 Å². The summed E-state index contributed by atoms with van der Waals surface area (Å²) in [4.78, 5) is 10.5. The molecule has 0 aromatic carbocycles. The second-order valence-corrected chi connectivity index (χ2v) is 1.94. The maximum atomic E-state index is 10.5. The van der Waals surface area contributed by atoms with Gasteiger partial charge in [-0.25, -0.2) is 0 Å². The standard InChI is InChI=1S/C6H7N3O2/c1-6(3-8,4-9)11-5(10)2-7/h2,7H2,1H3. The van der Waals surface area contributed by atoms with E-state index < -0.39 is 11.6 Å². The average molecular weight is 153 g/mol. The Morgan fingerprint density at radius 1 is 1.64 bits per heavy atom. The summed E-state index contributed by atoms with van der Waals surface area (Å²) in [6.07, 6.45) is 0. The molecule has 5 nitrogen and oxygen atoms in total. The van der Waals surface area contributed by atoms with Crippen LogP contribution in [-0.2, 0) is 9.53 Å². The molecule has 5 heteroatoms. The number of carbonyl (C=O) groups excluding carboxylic acids is 1. The van der Waals surface area contributed by atoms with Gasteiger partial charge in [-0.3, -0.25) is 4.79 Å². The molecule has 0 saturated heterocycles. The highest BCUT2D eigenvalue weighted by Crippen LogP contribution is 2.06. The van der Waals surface area contributed by atoms with Crippen molar-refractivity contribution in [2.75, 3.05) is 6.54 Å². The highest BCUT2D eigenvalue weighted by atomic mass is 16.6. The van der Waals surface area contributed by atoms with Crippen molar-refractivity contribution in [1.29, 1.82) is 10.5 Å². The summed E-state index contributed by atoms with van der Waals surface area (Å²) in [7, 11) is 0. The third kappa shape index (κ3) is 2.65. The molecule has 0 aliphatic rings. The zero-order valence-electron chi connectivity index (χ0n) is 6.00. The fourth-order valence-corrected chi connectivity index (χ4v) is 0.340. The van der Waals surface area contributed by atoms with Gasteiger partial charge >= 0.3 is 5.97 Å². The smallest absolute Gasteiger partial charge is 0.322 e. The summed E-state index contributed by atoms with van der Waals surface area (Å²) < 4.78 is 4.40. The molecule has 58 valence electrons. The van der Waals surface area contributed by atoms with E-state index in [1.807, 2.05) is 0 Å². The fraction of sp³-hybridized carbons (Fsp3) is 0.500. The predicted molar refractivity (Wildman–Crippen MR) is 34.8 cm³/mol. The van der Waals surface area contributed by atoms with E-state index in [1.165, 1.54) is 19.1 Å². The highest BCUT2D eigenvalue weighted by molar-refractivity contribution is 5.72. The molecule has 11 heavy (non-hydrogen) atoms. The molecule has 0 heterocycles. The Hall–Kier alpha value is -1.59. The van der Waals surface area contributed by atoms with E-state index in [1.54, 1.807) is 0 Å². The van der Waals surface area contributed by atoms with Crippen molar-refractivity contribution in [1.82, 2.24) is 0 Å². The van der Waals surface area contributed by atoms with E-state index in [2.05, 4.69) is 4.74 Å². The van der Waals surface area contributed by atoms with Crippen LogP contribution in [0, 0.1) is 22.7 Å². The van der Waals surface area contributed by atoms with Gasteiger partial charge in [0.2, 0.25) is 0 Å². The molecule has 0 rings (SSSR count). The first kappa shape index (κ1) is 9.41. The molecular weight excluding hydrogens is 146 g/mol. The largest absolute Gasteiger partial charge is 0.429 e. The molecule has 0 aromatic rings. The van der Waals surface area contributed by atoms with Crippen LogP contribution >= 0.6 is 0 Å². The number of carbonyl (C=O) groups is 1. The van der Waals surface area contributed by atoms with Gasteiger partial charge in [0.05, 0.1) is 6.54 Å². The molecule has 0 fully saturated rings. The van der Waals surface area contributed by atoms with Crippen LogP contribution in [0.2, 0.25) is 0 Å². The normalized spacial score (nSPS) is 9.45. The molecule has 0 aromatic heterocycles. The minimum atomic E-state index is -1.71. The van der Waals surface area contributed by atoms with Gasteiger partial charge in [-0.05, 0) is 0 Å². The van der Waals surface area contributed by atoms with E-state index in [-0.39, 0.29) is 6.54 Å². The molecule has 0 radical (unpaired) electrons. The minimum absolute atomic E-state index is 0.334. The number of nitrogens with two attached hydrogens (primary N) is 1. The predicted octanol–water partition coefficient (Wildman–Crippen LogP) is -0.706. The average Bonchev–Trinajstić information content (AvgIpc) is 2.04. The molecule has 0 amide bonds. The van der Waals surface area contributed by atoms with Crippen molar-refractivity contribution < 1.29 is 9.53 Å². The number of hydrogen-bond acceptors (Lipinski definition) is 5. The summed E-state index contributed by atoms with van der Waals surface area (Å²) in [5, 5.41) is 16.7. The Morgan fingerprint density at radius 2 is 2.09 bits per heavy atom. The SMILES string of the molecule is CC(C#N)(C#N)OC(=O)CN. The summed E-state index contributed by atoms with van der Waals surface area (Å²) in [5.74, 6) is -0.768. The topological polar surface area (TPSA) is 99.9 Å². The summed E-state index contributed by atoms with van der Waals surface area (Å²) >= 11 is 0. The Balaban J connectivity index is 4.26. The second kappa shape index (κ2) is 3.55. The van der Waals surface area contributed by atoms with Crippen LogP contribution in [0.1, 0.15) is 6.92 Å². The lowest BCUT2D eigenvalue weighted by Gasteiger charge is -2.11. The molecule has 0 spiro atoms. The minimum Gasteiger partial charge on any atom is -0.429 e. The van der Waals surface area contributed by atoms with Crippen molar-refractivity contribution in [3.8, 4) is 12.1 Å². The van der Waals surface area contributed by atoms with E-state index >= 15 is 0 Å². The van der Waals surface area contributed by atoms with Gasteiger partial charge in [0, 0.05) is 6.92 Å². The van der Waals surface area contributed by atoms with Gasteiger partial charge in [0.15, 0.2) is 0 Å². The Kier molecular flexibility index (Phi) is 3.03. The second-order valence-electron chi connectivity index (χ2n) is 1.94. The first-order valence-corrected chi connectivity index (χ1v) is 2.82. The quantitative estimate of drug-likeness (QED) is 0.528. The summed E-state index contributed by atoms with van der Waals surface area (Å²) in [6, 6.07) is 3.07. The van der Waals surface area contributed by atoms with E-state index in [0.29, 0.717) is 0 Å². The third-order valence-electron chi connectivity index (χ3n) is 0.911. The third-order valence-corrected chi connectivity index (χ3v) is 0.911. The monoisotopic (exact) mass is 153 g/mol. The zero-order chi connectivity index (χ0) is 8.91. The zero-order valence-corrected chi connectivity index (χ0v) is 6.00. The molecular formula is C6H7N3O2. The van der Waals surface area contributed by atoms with Gasteiger partial charge in [0.1, 0.15) is 12.1 Å². The summed E-state index contributed by atoms with van der Waals surface area (Å²) in [6.45, 7) is 0.861. The van der Waals surface area contributed by atoms with Crippen LogP contribution in [-0.4, -0.2) is 18.1 Å². The number of nitriles is 2.